The second-order valence-corrected chi connectivity index (χ2v) is 10.7. The van der Waals surface area contributed by atoms with E-state index >= 15 is 0 Å². The quantitative estimate of drug-likeness (QED) is 0.289. The molecule has 5 nitrogen and oxygen atoms in total. The second-order valence-electron chi connectivity index (χ2n) is 7.63. The van der Waals surface area contributed by atoms with E-state index in [1.165, 1.54) is 20.7 Å². The SMILES string of the molecule is O.O=S(=O)(c1ccccc1)c1c[nH]c2ccccc12.c1ccc(Sc2c[nH]c3ccccc23)cc1. The molecule has 7 heteroatoms. The Bertz CT molecular complexity index is 1640. The fraction of sp³-hybridized carbons (Fsp3) is 0. The molecule has 0 aliphatic carbocycles. The molecule has 4 aromatic carbocycles. The van der Waals surface area contributed by atoms with Gasteiger partial charge in [0.25, 0.3) is 0 Å². The fourth-order valence-corrected chi connectivity index (χ4v) is 6.14. The summed E-state index contributed by atoms with van der Waals surface area (Å²) in [5, 5.41) is 2.01. The summed E-state index contributed by atoms with van der Waals surface area (Å²) >= 11 is 1.79. The number of hydrogen-bond donors (Lipinski definition) is 2. The summed E-state index contributed by atoms with van der Waals surface area (Å²) in [6, 6.07) is 34.7. The molecule has 0 aliphatic heterocycles. The Balaban J connectivity index is 0.000000161. The predicted molar refractivity (Wildman–Crippen MR) is 143 cm³/mol. The molecule has 6 rings (SSSR count). The van der Waals surface area contributed by atoms with Crippen molar-refractivity contribution in [2.24, 2.45) is 0 Å². The Morgan fingerprint density at radius 2 is 1.09 bits per heavy atom. The van der Waals surface area contributed by atoms with Gasteiger partial charge in [0.1, 0.15) is 0 Å². The highest BCUT2D eigenvalue weighted by Crippen LogP contribution is 2.33. The van der Waals surface area contributed by atoms with Gasteiger partial charge in [0.05, 0.1) is 9.79 Å². The highest BCUT2D eigenvalue weighted by molar-refractivity contribution is 7.99. The van der Waals surface area contributed by atoms with Crippen molar-refractivity contribution in [2.45, 2.75) is 19.6 Å². The van der Waals surface area contributed by atoms with Crippen molar-refractivity contribution in [3.05, 3.63) is 122 Å². The van der Waals surface area contributed by atoms with E-state index in [1.54, 1.807) is 48.3 Å². The van der Waals surface area contributed by atoms with Crippen molar-refractivity contribution in [2.75, 3.05) is 0 Å². The van der Waals surface area contributed by atoms with E-state index in [0.717, 1.165) is 10.9 Å². The monoisotopic (exact) mass is 500 g/mol. The van der Waals surface area contributed by atoms with Crippen LogP contribution < -0.4 is 0 Å². The standard InChI is InChI=1S/C14H11NO2S.C14H11NS.H2O/c16-18(17,11-6-2-1-3-7-11)14-10-15-13-9-5-4-8-12(13)14;1-2-6-11(7-3-1)16-14-10-15-13-9-5-4-8-12(13)14;/h1-10,15H;1-10,15H;1H2. The Hall–Kier alpha value is -3.78. The number of benzene rings is 4. The number of H-pyrrole nitrogens is 2. The van der Waals surface area contributed by atoms with Crippen LogP contribution in [0.2, 0.25) is 0 Å². The molecule has 35 heavy (non-hydrogen) atoms. The number of para-hydroxylation sites is 2. The van der Waals surface area contributed by atoms with Crippen LogP contribution in [0.25, 0.3) is 21.8 Å². The Morgan fingerprint density at radius 3 is 1.77 bits per heavy atom. The maximum atomic E-state index is 12.5. The average molecular weight is 501 g/mol. The third kappa shape index (κ3) is 5.17. The van der Waals surface area contributed by atoms with Crippen LogP contribution in [0.5, 0.6) is 0 Å². The zero-order valence-electron chi connectivity index (χ0n) is 18.7. The van der Waals surface area contributed by atoms with Gasteiger partial charge in [-0.1, -0.05) is 84.6 Å². The third-order valence-corrected chi connectivity index (χ3v) is 8.29. The first-order chi connectivity index (χ1) is 16.6. The van der Waals surface area contributed by atoms with Crippen LogP contribution >= 0.6 is 11.8 Å². The number of sulfone groups is 1. The average Bonchev–Trinajstić information content (AvgIpc) is 3.51. The molecule has 4 N–H and O–H groups in total. The van der Waals surface area contributed by atoms with E-state index in [2.05, 4.69) is 64.7 Å². The third-order valence-electron chi connectivity index (χ3n) is 5.42. The molecule has 0 radical (unpaired) electrons. The molecular weight excluding hydrogens is 476 g/mol. The lowest BCUT2D eigenvalue weighted by atomic mass is 10.2. The Kier molecular flexibility index (Phi) is 7.41. The van der Waals surface area contributed by atoms with Crippen LogP contribution in [0, 0.1) is 0 Å². The highest BCUT2D eigenvalue weighted by atomic mass is 32.2. The van der Waals surface area contributed by atoms with Crippen LogP contribution in [-0.4, -0.2) is 23.9 Å². The maximum absolute atomic E-state index is 12.5. The molecule has 0 fully saturated rings. The number of hydrogen-bond acceptors (Lipinski definition) is 3. The number of aromatic amines is 2. The van der Waals surface area contributed by atoms with E-state index in [-0.39, 0.29) is 5.48 Å². The number of nitrogens with one attached hydrogen (secondary N) is 2. The first-order valence-corrected chi connectivity index (χ1v) is 13.1. The number of fused-ring (bicyclic) bond motifs is 2. The zero-order valence-corrected chi connectivity index (χ0v) is 20.3. The summed E-state index contributed by atoms with van der Waals surface area (Å²) in [5.41, 5.74) is 2.02. The van der Waals surface area contributed by atoms with Crippen LogP contribution in [0.15, 0.2) is 141 Å². The number of aromatic nitrogens is 2. The lowest BCUT2D eigenvalue weighted by Gasteiger charge is -2.02. The van der Waals surface area contributed by atoms with Gasteiger partial charge in [-0.25, -0.2) is 8.42 Å². The van der Waals surface area contributed by atoms with E-state index in [9.17, 15) is 8.42 Å². The first-order valence-electron chi connectivity index (χ1n) is 10.8. The topological polar surface area (TPSA) is 97.2 Å². The van der Waals surface area contributed by atoms with Gasteiger partial charge in [0.15, 0.2) is 0 Å². The second kappa shape index (κ2) is 10.7. The van der Waals surface area contributed by atoms with Gasteiger partial charge in [0.2, 0.25) is 9.84 Å². The molecule has 0 bridgehead atoms. The summed E-state index contributed by atoms with van der Waals surface area (Å²) in [4.78, 5) is 9.46. The number of rotatable bonds is 4. The van der Waals surface area contributed by atoms with Crippen LogP contribution in [0.4, 0.5) is 0 Å². The van der Waals surface area contributed by atoms with Crippen LogP contribution in [-0.2, 0) is 9.84 Å². The minimum absolute atomic E-state index is 0. The molecule has 0 saturated heterocycles. The molecule has 0 aliphatic rings. The van der Waals surface area contributed by atoms with Crippen molar-refractivity contribution >= 4 is 43.4 Å². The Labute approximate surface area is 208 Å². The minimum Gasteiger partial charge on any atom is -0.412 e. The molecule has 2 aromatic heterocycles. The van der Waals surface area contributed by atoms with Crippen LogP contribution in [0.3, 0.4) is 0 Å². The molecule has 0 atom stereocenters. The molecule has 176 valence electrons. The summed E-state index contributed by atoms with van der Waals surface area (Å²) < 4.78 is 25.0. The maximum Gasteiger partial charge on any atom is 0.208 e. The molecular formula is C28H24N2O3S2. The zero-order chi connectivity index (χ0) is 23.4. The van der Waals surface area contributed by atoms with E-state index < -0.39 is 9.84 Å². The van der Waals surface area contributed by atoms with Gasteiger partial charge in [-0.2, -0.15) is 0 Å². The van der Waals surface area contributed by atoms with Crippen LogP contribution in [0.1, 0.15) is 0 Å². The van der Waals surface area contributed by atoms with Gasteiger partial charge in [0, 0.05) is 44.0 Å². The molecule has 0 unspecified atom stereocenters. The molecule has 0 saturated carbocycles. The van der Waals surface area contributed by atoms with Gasteiger partial charge >= 0.3 is 0 Å². The van der Waals surface area contributed by atoms with Gasteiger partial charge in [-0.15, -0.1) is 0 Å². The summed E-state index contributed by atoms with van der Waals surface area (Å²) in [5.74, 6) is 0. The minimum atomic E-state index is -3.45. The fourth-order valence-electron chi connectivity index (χ4n) is 3.74. The van der Waals surface area contributed by atoms with Gasteiger partial charge in [-0.3, -0.25) is 0 Å². The smallest absolute Gasteiger partial charge is 0.208 e. The van der Waals surface area contributed by atoms with Crippen molar-refractivity contribution in [3.8, 4) is 0 Å². The Morgan fingerprint density at radius 1 is 0.571 bits per heavy atom. The largest absolute Gasteiger partial charge is 0.412 e. The van der Waals surface area contributed by atoms with E-state index in [1.807, 2.05) is 30.3 Å². The molecule has 2 heterocycles. The summed E-state index contributed by atoms with van der Waals surface area (Å²) in [6.45, 7) is 0. The van der Waals surface area contributed by atoms with Gasteiger partial charge < -0.3 is 15.4 Å². The van der Waals surface area contributed by atoms with Crippen molar-refractivity contribution in [1.29, 1.82) is 0 Å². The van der Waals surface area contributed by atoms with Crippen molar-refractivity contribution in [1.82, 2.24) is 9.97 Å². The lowest BCUT2D eigenvalue weighted by molar-refractivity contribution is 0.597. The molecule has 6 aromatic rings. The summed E-state index contributed by atoms with van der Waals surface area (Å²) in [7, 11) is -3.45. The van der Waals surface area contributed by atoms with E-state index in [4.69, 9.17) is 0 Å². The predicted octanol–water partition coefficient (Wildman–Crippen LogP) is 6.50. The van der Waals surface area contributed by atoms with Gasteiger partial charge in [-0.05, 0) is 36.4 Å². The first kappa shape index (κ1) is 24.3. The van der Waals surface area contributed by atoms with E-state index in [0.29, 0.717) is 9.79 Å². The lowest BCUT2D eigenvalue weighted by Crippen LogP contribution is -2.00. The van der Waals surface area contributed by atoms with Crippen molar-refractivity contribution in [3.63, 3.8) is 0 Å². The highest BCUT2D eigenvalue weighted by Gasteiger charge is 2.20. The summed E-state index contributed by atoms with van der Waals surface area (Å²) in [6.07, 6.45) is 3.62. The molecule has 0 amide bonds. The molecule has 0 spiro atoms. The normalized spacial score (nSPS) is 11.0. The van der Waals surface area contributed by atoms with Crippen molar-refractivity contribution < 1.29 is 13.9 Å².